The van der Waals surface area contributed by atoms with E-state index in [4.69, 9.17) is 4.74 Å². The Kier molecular flexibility index (Phi) is 4.35. The minimum atomic E-state index is 0.615. The van der Waals surface area contributed by atoms with Crippen LogP contribution in [0.3, 0.4) is 0 Å². The van der Waals surface area contributed by atoms with Crippen LogP contribution in [0.15, 0.2) is 35.3 Å². The molecule has 0 bridgehead atoms. The van der Waals surface area contributed by atoms with Gasteiger partial charge in [-0.25, -0.2) is 15.0 Å². The largest absolute Gasteiger partial charge is 0.383 e. The van der Waals surface area contributed by atoms with E-state index in [0.29, 0.717) is 19.0 Å². The third kappa shape index (κ3) is 2.95. The van der Waals surface area contributed by atoms with Gasteiger partial charge in [-0.1, -0.05) is 15.9 Å². The number of hydrogen-bond donors (Lipinski definition) is 1. The van der Waals surface area contributed by atoms with Gasteiger partial charge in [0.15, 0.2) is 17.0 Å². The number of aryl methyl sites for hydroxylation is 1. The molecule has 22 heavy (non-hydrogen) atoms. The molecule has 0 aliphatic heterocycles. The van der Waals surface area contributed by atoms with Crippen molar-refractivity contribution in [2.24, 2.45) is 0 Å². The molecule has 1 N–H and O–H groups in total. The first-order valence-electron chi connectivity index (χ1n) is 6.87. The quantitative estimate of drug-likeness (QED) is 0.755. The van der Waals surface area contributed by atoms with Gasteiger partial charge in [0.25, 0.3) is 0 Å². The Bertz CT molecular complexity index is 802. The summed E-state index contributed by atoms with van der Waals surface area (Å²) in [6, 6.07) is 6.06. The molecule has 1 aromatic carbocycles. The Morgan fingerprint density at radius 1 is 1.27 bits per heavy atom. The highest BCUT2D eigenvalue weighted by molar-refractivity contribution is 9.10. The van der Waals surface area contributed by atoms with Crippen LogP contribution < -0.4 is 5.32 Å². The predicted molar refractivity (Wildman–Crippen MR) is 89.4 cm³/mol. The summed E-state index contributed by atoms with van der Waals surface area (Å²) < 4.78 is 8.14. The van der Waals surface area contributed by atoms with Crippen LogP contribution in [0, 0.1) is 6.92 Å². The van der Waals surface area contributed by atoms with Gasteiger partial charge in [-0.3, -0.25) is 0 Å². The molecule has 2 aromatic heterocycles. The number of anilines is 2. The number of imidazole rings is 1. The van der Waals surface area contributed by atoms with Gasteiger partial charge in [-0.05, 0) is 30.7 Å². The summed E-state index contributed by atoms with van der Waals surface area (Å²) in [4.78, 5) is 13.0. The second kappa shape index (κ2) is 6.41. The highest BCUT2D eigenvalue weighted by atomic mass is 79.9. The normalized spacial score (nSPS) is 11.0. The van der Waals surface area contributed by atoms with E-state index in [2.05, 4.69) is 42.3 Å². The number of nitrogens with one attached hydrogen (secondary N) is 1. The van der Waals surface area contributed by atoms with Crippen molar-refractivity contribution >= 4 is 38.6 Å². The highest BCUT2D eigenvalue weighted by Gasteiger charge is 2.10. The minimum absolute atomic E-state index is 0.615. The first-order chi connectivity index (χ1) is 10.7. The van der Waals surface area contributed by atoms with Crippen LogP contribution in [0.1, 0.15) is 5.56 Å². The number of ether oxygens (including phenoxy) is 1. The topological polar surface area (TPSA) is 64.9 Å². The van der Waals surface area contributed by atoms with Crippen molar-refractivity contribution in [2.45, 2.75) is 13.5 Å². The average Bonchev–Trinajstić information content (AvgIpc) is 2.93. The van der Waals surface area contributed by atoms with Crippen LogP contribution in [0.5, 0.6) is 0 Å². The fraction of sp³-hybridized carbons (Fsp3) is 0.267. The third-order valence-corrected chi connectivity index (χ3v) is 4.25. The van der Waals surface area contributed by atoms with Crippen LogP contribution in [0.4, 0.5) is 11.5 Å². The average molecular weight is 362 g/mol. The molecule has 7 heteroatoms. The SMILES string of the molecule is COCCn1cnc2c(Nc3ccc(Br)c(C)c3)ncnc21. The Labute approximate surface area is 136 Å². The lowest BCUT2D eigenvalue weighted by atomic mass is 10.2. The summed E-state index contributed by atoms with van der Waals surface area (Å²) in [5, 5.41) is 3.31. The number of benzene rings is 1. The van der Waals surface area contributed by atoms with Crippen molar-refractivity contribution in [3.05, 3.63) is 40.9 Å². The smallest absolute Gasteiger partial charge is 0.165 e. The number of rotatable bonds is 5. The van der Waals surface area contributed by atoms with E-state index >= 15 is 0 Å². The molecular weight excluding hydrogens is 346 g/mol. The third-order valence-electron chi connectivity index (χ3n) is 3.36. The van der Waals surface area contributed by atoms with E-state index in [1.807, 2.05) is 23.6 Å². The van der Waals surface area contributed by atoms with Crippen molar-refractivity contribution in [3.63, 3.8) is 0 Å². The van der Waals surface area contributed by atoms with Gasteiger partial charge >= 0.3 is 0 Å². The number of methoxy groups -OCH3 is 1. The van der Waals surface area contributed by atoms with Crippen molar-refractivity contribution in [1.29, 1.82) is 0 Å². The highest BCUT2D eigenvalue weighted by Crippen LogP contribution is 2.25. The Morgan fingerprint density at radius 3 is 2.91 bits per heavy atom. The molecule has 0 amide bonds. The lowest BCUT2D eigenvalue weighted by Gasteiger charge is -2.08. The Hall–Kier alpha value is -1.99. The predicted octanol–water partition coefficient (Wildman–Crippen LogP) is 3.29. The molecule has 3 rings (SSSR count). The van der Waals surface area contributed by atoms with Gasteiger partial charge in [0.05, 0.1) is 12.9 Å². The van der Waals surface area contributed by atoms with E-state index < -0.39 is 0 Å². The summed E-state index contributed by atoms with van der Waals surface area (Å²) in [5.74, 6) is 0.697. The first kappa shape index (κ1) is 14.9. The fourth-order valence-corrected chi connectivity index (χ4v) is 2.43. The molecule has 0 spiro atoms. The van der Waals surface area contributed by atoms with Gasteiger partial charge in [-0.2, -0.15) is 0 Å². The Morgan fingerprint density at radius 2 is 2.14 bits per heavy atom. The number of fused-ring (bicyclic) bond motifs is 1. The summed E-state index contributed by atoms with van der Waals surface area (Å²) in [6.45, 7) is 3.37. The van der Waals surface area contributed by atoms with Crippen LogP contribution >= 0.6 is 15.9 Å². The molecule has 3 aromatic rings. The molecule has 0 saturated carbocycles. The van der Waals surface area contributed by atoms with Crippen molar-refractivity contribution in [1.82, 2.24) is 19.5 Å². The number of hydrogen-bond acceptors (Lipinski definition) is 5. The maximum Gasteiger partial charge on any atom is 0.165 e. The zero-order valence-electron chi connectivity index (χ0n) is 12.4. The molecule has 6 nitrogen and oxygen atoms in total. The number of halogens is 1. The molecule has 2 heterocycles. The fourth-order valence-electron chi connectivity index (χ4n) is 2.18. The summed E-state index contributed by atoms with van der Waals surface area (Å²) in [6.07, 6.45) is 3.30. The van der Waals surface area contributed by atoms with E-state index in [9.17, 15) is 0 Å². The van der Waals surface area contributed by atoms with E-state index in [0.717, 1.165) is 26.9 Å². The molecule has 0 radical (unpaired) electrons. The van der Waals surface area contributed by atoms with Gasteiger partial charge in [-0.15, -0.1) is 0 Å². The van der Waals surface area contributed by atoms with Gasteiger partial charge in [0, 0.05) is 23.8 Å². The van der Waals surface area contributed by atoms with Crippen molar-refractivity contribution in [2.75, 3.05) is 19.0 Å². The second-order valence-electron chi connectivity index (χ2n) is 4.91. The maximum atomic E-state index is 5.10. The molecular formula is C15H16BrN5O. The van der Waals surface area contributed by atoms with Crippen molar-refractivity contribution in [3.8, 4) is 0 Å². The number of aromatic nitrogens is 4. The zero-order chi connectivity index (χ0) is 15.5. The van der Waals surface area contributed by atoms with E-state index in [-0.39, 0.29) is 0 Å². The molecule has 0 fully saturated rings. The summed E-state index contributed by atoms with van der Waals surface area (Å²) >= 11 is 3.50. The minimum Gasteiger partial charge on any atom is -0.383 e. The van der Waals surface area contributed by atoms with Crippen LogP contribution in [-0.4, -0.2) is 33.2 Å². The maximum absolute atomic E-state index is 5.10. The summed E-state index contributed by atoms with van der Waals surface area (Å²) in [5.41, 5.74) is 3.66. The van der Waals surface area contributed by atoms with E-state index in [1.54, 1.807) is 19.8 Å². The molecule has 0 aliphatic rings. The first-order valence-corrected chi connectivity index (χ1v) is 7.66. The standard InChI is InChI=1S/C15H16BrN5O/c1-10-7-11(3-4-12(10)16)20-14-13-15(18-8-17-14)21(9-19-13)5-6-22-2/h3-4,7-9H,5-6H2,1-2H3,(H,17,18,20). The Balaban J connectivity index is 1.93. The second-order valence-corrected chi connectivity index (χ2v) is 5.77. The number of nitrogens with zero attached hydrogens (tertiary/aromatic N) is 4. The van der Waals surface area contributed by atoms with Gasteiger partial charge in [0.1, 0.15) is 6.33 Å². The molecule has 0 unspecified atom stereocenters. The van der Waals surface area contributed by atoms with Crippen molar-refractivity contribution < 1.29 is 4.74 Å². The molecule has 0 aliphatic carbocycles. The van der Waals surface area contributed by atoms with Gasteiger partial charge < -0.3 is 14.6 Å². The zero-order valence-corrected chi connectivity index (χ0v) is 14.0. The molecule has 0 saturated heterocycles. The molecule has 0 atom stereocenters. The molecule has 114 valence electrons. The van der Waals surface area contributed by atoms with Crippen LogP contribution in [0.25, 0.3) is 11.2 Å². The van der Waals surface area contributed by atoms with Gasteiger partial charge in [0.2, 0.25) is 0 Å². The lowest BCUT2D eigenvalue weighted by molar-refractivity contribution is 0.188. The van der Waals surface area contributed by atoms with E-state index in [1.165, 1.54) is 0 Å². The summed E-state index contributed by atoms with van der Waals surface area (Å²) in [7, 11) is 1.68. The monoisotopic (exact) mass is 361 g/mol. The van der Waals surface area contributed by atoms with Crippen LogP contribution in [-0.2, 0) is 11.3 Å². The van der Waals surface area contributed by atoms with Crippen LogP contribution in [0.2, 0.25) is 0 Å². The lowest BCUT2D eigenvalue weighted by Crippen LogP contribution is -2.04.